The molecule has 1 aromatic carbocycles. The van der Waals surface area contributed by atoms with Gasteiger partial charge in [0.25, 0.3) is 11.8 Å². The van der Waals surface area contributed by atoms with Crippen molar-refractivity contribution in [1.82, 2.24) is 20.0 Å². The highest BCUT2D eigenvalue weighted by atomic mass is 16.3. The molecule has 0 radical (unpaired) electrons. The van der Waals surface area contributed by atoms with Crippen molar-refractivity contribution in [1.29, 1.82) is 0 Å². The predicted octanol–water partition coefficient (Wildman–Crippen LogP) is 1.01. The minimum atomic E-state index is -0.510. The van der Waals surface area contributed by atoms with Crippen molar-refractivity contribution in [2.45, 2.75) is 20.4 Å². The monoisotopic (exact) mass is 342 g/mol. The molecule has 8 heteroatoms. The normalized spacial score (nSPS) is 10.8. The summed E-state index contributed by atoms with van der Waals surface area (Å²) < 4.78 is 8.11. The van der Waals surface area contributed by atoms with E-state index in [1.165, 1.54) is 9.13 Å². The van der Waals surface area contributed by atoms with Crippen molar-refractivity contribution in [3.05, 3.63) is 57.9 Å². The number of carbonyl (C=O) groups is 2. The quantitative estimate of drug-likeness (QED) is 0.694. The van der Waals surface area contributed by atoms with E-state index in [1.54, 1.807) is 45.2 Å². The van der Waals surface area contributed by atoms with Gasteiger partial charge < -0.3 is 4.42 Å². The number of benzene rings is 1. The molecule has 8 nitrogen and oxygen atoms in total. The fourth-order valence-corrected chi connectivity index (χ4v) is 2.75. The molecule has 0 atom stereocenters. The standard InChI is InChI=1S/C17H18N4O4/c1-10-8-12(11(2)25-10)16(23)19-18-15(22)9-21-14-7-5-4-6-13(14)20(3)17(21)24/h4-8H,9H2,1-3H3,(H,18,22)(H,19,23). The maximum Gasteiger partial charge on any atom is 0.329 e. The van der Waals surface area contributed by atoms with E-state index in [-0.39, 0.29) is 12.2 Å². The molecule has 2 heterocycles. The number of aryl methyl sites for hydroxylation is 3. The second-order valence-corrected chi connectivity index (χ2v) is 5.75. The second-order valence-electron chi connectivity index (χ2n) is 5.75. The zero-order chi connectivity index (χ0) is 18.1. The lowest BCUT2D eigenvalue weighted by Crippen LogP contribution is -2.44. The number of hydrogen-bond acceptors (Lipinski definition) is 4. The summed E-state index contributed by atoms with van der Waals surface area (Å²) in [5, 5.41) is 0. The van der Waals surface area contributed by atoms with E-state index in [4.69, 9.17) is 4.42 Å². The van der Waals surface area contributed by atoms with Crippen LogP contribution in [-0.2, 0) is 18.4 Å². The lowest BCUT2D eigenvalue weighted by Gasteiger charge is -2.07. The van der Waals surface area contributed by atoms with Crippen molar-refractivity contribution in [3.8, 4) is 0 Å². The molecule has 3 rings (SSSR count). The van der Waals surface area contributed by atoms with Crippen molar-refractivity contribution in [2.75, 3.05) is 0 Å². The number of rotatable bonds is 3. The smallest absolute Gasteiger partial charge is 0.329 e. The van der Waals surface area contributed by atoms with Crippen LogP contribution in [0.4, 0.5) is 0 Å². The van der Waals surface area contributed by atoms with Gasteiger partial charge in [-0.1, -0.05) is 12.1 Å². The molecule has 2 N–H and O–H groups in total. The number of furan rings is 1. The Morgan fingerprint density at radius 2 is 1.80 bits per heavy atom. The zero-order valence-electron chi connectivity index (χ0n) is 14.1. The SMILES string of the molecule is Cc1cc(C(=O)NNC(=O)Cn2c(=O)n(C)c3ccccc32)c(C)o1. The van der Waals surface area contributed by atoms with Crippen LogP contribution in [0, 0.1) is 13.8 Å². The fourth-order valence-electron chi connectivity index (χ4n) is 2.75. The highest BCUT2D eigenvalue weighted by Gasteiger charge is 2.16. The first-order chi connectivity index (χ1) is 11.9. The molecule has 130 valence electrons. The summed E-state index contributed by atoms with van der Waals surface area (Å²) in [5.41, 5.74) is 6.07. The van der Waals surface area contributed by atoms with Gasteiger partial charge in [0.05, 0.1) is 16.6 Å². The van der Waals surface area contributed by atoms with E-state index in [1.807, 2.05) is 6.07 Å². The third kappa shape index (κ3) is 3.06. The van der Waals surface area contributed by atoms with Gasteiger partial charge >= 0.3 is 5.69 Å². The second kappa shape index (κ2) is 6.31. The summed E-state index contributed by atoms with van der Waals surface area (Å²) in [4.78, 5) is 36.5. The Hall–Kier alpha value is -3.29. The molecular formula is C17H18N4O4. The average molecular weight is 342 g/mol. The van der Waals surface area contributed by atoms with Gasteiger partial charge in [0.1, 0.15) is 18.1 Å². The number of aromatic nitrogens is 2. The summed E-state index contributed by atoms with van der Waals surface area (Å²) in [6.07, 6.45) is 0. The van der Waals surface area contributed by atoms with Crippen LogP contribution in [0.5, 0.6) is 0 Å². The number of imidazole rings is 1. The Bertz CT molecular complexity index is 1030. The van der Waals surface area contributed by atoms with Gasteiger partial charge in [-0.05, 0) is 32.0 Å². The Morgan fingerprint density at radius 1 is 1.12 bits per heavy atom. The molecule has 25 heavy (non-hydrogen) atoms. The van der Waals surface area contributed by atoms with Crippen LogP contribution in [0.1, 0.15) is 21.9 Å². The van der Waals surface area contributed by atoms with Crippen LogP contribution in [-0.4, -0.2) is 20.9 Å². The van der Waals surface area contributed by atoms with Gasteiger partial charge in [-0.15, -0.1) is 0 Å². The van der Waals surface area contributed by atoms with Crippen LogP contribution < -0.4 is 16.5 Å². The predicted molar refractivity (Wildman–Crippen MR) is 91.0 cm³/mol. The molecule has 0 unspecified atom stereocenters. The van der Waals surface area contributed by atoms with Crippen LogP contribution in [0.2, 0.25) is 0 Å². The van der Waals surface area contributed by atoms with E-state index in [0.29, 0.717) is 22.6 Å². The van der Waals surface area contributed by atoms with Crippen molar-refractivity contribution in [3.63, 3.8) is 0 Å². The minimum absolute atomic E-state index is 0.205. The molecule has 0 aliphatic heterocycles. The number of hydrazine groups is 1. The molecule has 3 aromatic rings. The summed E-state index contributed by atoms with van der Waals surface area (Å²) in [6.45, 7) is 3.19. The van der Waals surface area contributed by atoms with Crippen LogP contribution in [0.3, 0.4) is 0 Å². The first-order valence-corrected chi connectivity index (χ1v) is 7.69. The third-order valence-electron chi connectivity index (χ3n) is 3.95. The Kier molecular flexibility index (Phi) is 4.18. The third-order valence-corrected chi connectivity index (χ3v) is 3.95. The largest absolute Gasteiger partial charge is 0.466 e. The average Bonchev–Trinajstić information content (AvgIpc) is 3.05. The van der Waals surface area contributed by atoms with Crippen LogP contribution in [0.15, 0.2) is 39.5 Å². The Morgan fingerprint density at radius 3 is 2.44 bits per heavy atom. The number of amides is 2. The molecule has 2 amide bonds. The number of fused-ring (bicyclic) bond motifs is 1. The van der Waals surface area contributed by atoms with Gasteiger partial charge in [-0.25, -0.2) is 4.79 Å². The molecule has 0 aliphatic rings. The number of nitrogens with zero attached hydrogens (tertiary/aromatic N) is 2. The summed E-state index contributed by atoms with van der Waals surface area (Å²) in [7, 11) is 1.64. The zero-order valence-corrected chi connectivity index (χ0v) is 14.1. The van der Waals surface area contributed by atoms with E-state index in [9.17, 15) is 14.4 Å². The van der Waals surface area contributed by atoms with E-state index >= 15 is 0 Å². The molecule has 0 spiro atoms. The summed E-state index contributed by atoms with van der Waals surface area (Å²) in [5.74, 6) is 0.0865. The van der Waals surface area contributed by atoms with Gasteiger partial charge in [0, 0.05) is 7.05 Å². The van der Waals surface area contributed by atoms with Crippen molar-refractivity contribution >= 4 is 22.8 Å². The van der Waals surface area contributed by atoms with E-state index in [0.717, 1.165) is 5.52 Å². The van der Waals surface area contributed by atoms with Gasteiger partial charge in [0.2, 0.25) is 0 Å². The topological polar surface area (TPSA) is 98.3 Å². The molecular weight excluding hydrogens is 324 g/mol. The lowest BCUT2D eigenvalue weighted by molar-refractivity contribution is -0.122. The maximum absolute atomic E-state index is 12.3. The molecule has 0 aliphatic carbocycles. The lowest BCUT2D eigenvalue weighted by atomic mass is 10.2. The van der Waals surface area contributed by atoms with Crippen LogP contribution >= 0.6 is 0 Å². The number of hydrogen-bond donors (Lipinski definition) is 2. The molecule has 0 bridgehead atoms. The Labute approximate surface area is 143 Å². The van der Waals surface area contributed by atoms with E-state index in [2.05, 4.69) is 10.9 Å². The highest BCUT2D eigenvalue weighted by Crippen LogP contribution is 2.13. The highest BCUT2D eigenvalue weighted by molar-refractivity contribution is 5.96. The van der Waals surface area contributed by atoms with Gasteiger partial charge in [-0.2, -0.15) is 0 Å². The van der Waals surface area contributed by atoms with Crippen LogP contribution in [0.25, 0.3) is 11.0 Å². The van der Waals surface area contributed by atoms with Crippen molar-refractivity contribution in [2.24, 2.45) is 7.05 Å². The number of carbonyl (C=O) groups excluding carboxylic acids is 2. The van der Waals surface area contributed by atoms with E-state index < -0.39 is 11.8 Å². The summed E-state index contributed by atoms with van der Waals surface area (Å²) >= 11 is 0. The molecule has 0 saturated heterocycles. The maximum atomic E-state index is 12.3. The summed E-state index contributed by atoms with van der Waals surface area (Å²) in [6, 6.07) is 8.77. The number of para-hydroxylation sites is 2. The molecule has 0 fully saturated rings. The first kappa shape index (κ1) is 16.6. The first-order valence-electron chi connectivity index (χ1n) is 7.69. The van der Waals surface area contributed by atoms with Gasteiger partial charge in [-0.3, -0.25) is 29.6 Å². The Balaban J connectivity index is 1.72. The number of nitrogens with one attached hydrogen (secondary N) is 2. The fraction of sp³-hybridized carbons (Fsp3) is 0.235. The minimum Gasteiger partial charge on any atom is -0.466 e. The van der Waals surface area contributed by atoms with Gasteiger partial charge in [0.15, 0.2) is 0 Å². The molecule has 0 saturated carbocycles. The molecule has 2 aromatic heterocycles. The van der Waals surface area contributed by atoms with Crippen molar-refractivity contribution < 1.29 is 14.0 Å².